The van der Waals surface area contributed by atoms with Crippen LogP contribution in [0.3, 0.4) is 0 Å². The summed E-state index contributed by atoms with van der Waals surface area (Å²) in [6, 6.07) is 1.98. The van der Waals surface area contributed by atoms with Crippen molar-refractivity contribution in [1.82, 2.24) is 23.8 Å². The third kappa shape index (κ3) is 4.58. The second-order valence-electron chi connectivity index (χ2n) is 4.11. The quantitative estimate of drug-likeness (QED) is 0.655. The molecule has 0 bridgehead atoms. The van der Waals surface area contributed by atoms with Crippen LogP contribution in [0, 0.1) is 0 Å². The molecule has 2 N–H and O–H groups in total. The minimum atomic E-state index is -0.562. The van der Waals surface area contributed by atoms with Gasteiger partial charge in [0.05, 0.1) is 11.7 Å². The van der Waals surface area contributed by atoms with Crippen LogP contribution in [-0.4, -0.2) is 49.4 Å². The minimum absolute atomic E-state index is 0.212. The molecule has 1 atom stereocenters. The third-order valence-corrected chi connectivity index (χ3v) is 3.09. The van der Waals surface area contributed by atoms with E-state index >= 15 is 0 Å². The molecule has 0 aliphatic rings. The van der Waals surface area contributed by atoms with Crippen LogP contribution in [0.2, 0.25) is 0 Å². The minimum Gasteiger partial charge on any atom is -0.473 e. The number of rotatable bonds is 8. The monoisotopic (exact) mass is 283 g/mol. The first-order chi connectivity index (χ1) is 9.25. The molecular weight excluding hydrogens is 266 g/mol. The van der Waals surface area contributed by atoms with E-state index in [-0.39, 0.29) is 6.61 Å². The van der Waals surface area contributed by atoms with Crippen molar-refractivity contribution in [2.75, 3.05) is 19.7 Å². The number of ether oxygens (including phenoxy) is 1. The summed E-state index contributed by atoms with van der Waals surface area (Å²) in [7, 11) is 1.92. The van der Waals surface area contributed by atoms with Gasteiger partial charge in [0.15, 0.2) is 0 Å². The summed E-state index contributed by atoms with van der Waals surface area (Å²) in [5.41, 5.74) is 1.16. The molecule has 0 aliphatic heterocycles. The fourth-order valence-electron chi connectivity index (χ4n) is 1.59. The smallest absolute Gasteiger partial charge is 0.245 e. The summed E-state index contributed by atoms with van der Waals surface area (Å²) in [6.45, 7) is 1.48. The molecule has 0 aromatic carbocycles. The van der Waals surface area contributed by atoms with Crippen LogP contribution in [0.1, 0.15) is 5.69 Å². The number of aryl methyl sites for hydroxylation is 1. The molecule has 0 aliphatic carbocycles. The normalized spacial score (nSPS) is 12.5. The Morgan fingerprint density at radius 2 is 2.47 bits per heavy atom. The van der Waals surface area contributed by atoms with E-state index in [1.165, 1.54) is 6.20 Å². The molecule has 104 valence electrons. The van der Waals surface area contributed by atoms with E-state index < -0.39 is 6.10 Å². The SMILES string of the molecule is Cn1nccc1CCNCC(O)COc1cnsn1. The van der Waals surface area contributed by atoms with Crippen molar-refractivity contribution in [3.63, 3.8) is 0 Å². The topological polar surface area (TPSA) is 85.1 Å². The number of aliphatic hydroxyl groups excluding tert-OH is 1. The summed E-state index contributed by atoms with van der Waals surface area (Å²) in [4.78, 5) is 0. The second-order valence-corrected chi connectivity index (χ2v) is 4.67. The molecule has 19 heavy (non-hydrogen) atoms. The molecule has 0 radical (unpaired) electrons. The third-order valence-electron chi connectivity index (χ3n) is 2.63. The zero-order valence-electron chi connectivity index (χ0n) is 10.7. The Morgan fingerprint density at radius 3 is 3.16 bits per heavy atom. The Labute approximate surface area is 115 Å². The Balaban J connectivity index is 1.56. The maximum absolute atomic E-state index is 9.71. The Hall–Kier alpha value is -1.51. The van der Waals surface area contributed by atoms with Crippen LogP contribution in [0.15, 0.2) is 18.5 Å². The predicted molar refractivity (Wildman–Crippen MR) is 71.2 cm³/mol. The Bertz CT molecular complexity index is 473. The van der Waals surface area contributed by atoms with Gasteiger partial charge in [-0.1, -0.05) is 0 Å². The van der Waals surface area contributed by atoms with Gasteiger partial charge in [-0.05, 0) is 6.07 Å². The first-order valence-corrected chi connectivity index (χ1v) is 6.75. The van der Waals surface area contributed by atoms with E-state index in [4.69, 9.17) is 4.74 Å². The highest BCUT2D eigenvalue weighted by Crippen LogP contribution is 2.05. The number of hydrogen-bond acceptors (Lipinski definition) is 7. The molecule has 8 heteroatoms. The molecule has 7 nitrogen and oxygen atoms in total. The van der Waals surface area contributed by atoms with Crippen LogP contribution in [0.25, 0.3) is 0 Å². The van der Waals surface area contributed by atoms with Crippen molar-refractivity contribution in [2.24, 2.45) is 7.05 Å². The van der Waals surface area contributed by atoms with E-state index in [1.807, 2.05) is 17.8 Å². The van der Waals surface area contributed by atoms with Gasteiger partial charge in [-0.3, -0.25) is 4.68 Å². The van der Waals surface area contributed by atoms with E-state index in [1.54, 1.807) is 6.20 Å². The summed E-state index contributed by atoms with van der Waals surface area (Å²) in [6.07, 6.45) is 3.63. The number of aliphatic hydroxyl groups is 1. The van der Waals surface area contributed by atoms with Crippen molar-refractivity contribution in [2.45, 2.75) is 12.5 Å². The van der Waals surface area contributed by atoms with Crippen LogP contribution in [0.4, 0.5) is 0 Å². The van der Waals surface area contributed by atoms with Crippen LogP contribution in [0.5, 0.6) is 5.88 Å². The first-order valence-electron chi connectivity index (χ1n) is 6.01. The average molecular weight is 283 g/mol. The van der Waals surface area contributed by atoms with Gasteiger partial charge < -0.3 is 15.2 Å². The van der Waals surface area contributed by atoms with Crippen molar-refractivity contribution >= 4 is 11.7 Å². The highest BCUT2D eigenvalue weighted by atomic mass is 32.1. The maximum atomic E-state index is 9.71. The fraction of sp³-hybridized carbons (Fsp3) is 0.545. The van der Waals surface area contributed by atoms with Gasteiger partial charge >= 0.3 is 0 Å². The number of aromatic nitrogens is 4. The van der Waals surface area contributed by atoms with Gasteiger partial charge in [-0.15, -0.1) is 4.37 Å². The summed E-state index contributed by atoms with van der Waals surface area (Å²) < 4.78 is 14.8. The zero-order valence-corrected chi connectivity index (χ0v) is 11.5. The lowest BCUT2D eigenvalue weighted by Gasteiger charge is -2.11. The van der Waals surface area contributed by atoms with E-state index in [9.17, 15) is 5.11 Å². The van der Waals surface area contributed by atoms with Crippen molar-refractivity contribution < 1.29 is 9.84 Å². The molecule has 0 spiro atoms. The molecular formula is C11H17N5O2S. The molecule has 0 saturated carbocycles. The largest absolute Gasteiger partial charge is 0.473 e. The number of nitrogens with zero attached hydrogens (tertiary/aromatic N) is 4. The number of hydrogen-bond donors (Lipinski definition) is 2. The van der Waals surface area contributed by atoms with E-state index in [2.05, 4.69) is 19.2 Å². The van der Waals surface area contributed by atoms with Crippen molar-refractivity contribution in [1.29, 1.82) is 0 Å². The molecule has 2 aromatic rings. The summed E-state index contributed by atoms with van der Waals surface area (Å²) in [5.74, 6) is 0.457. The molecule has 0 amide bonds. The molecule has 2 aromatic heterocycles. The van der Waals surface area contributed by atoms with Gasteiger partial charge in [0.1, 0.15) is 18.9 Å². The van der Waals surface area contributed by atoms with Gasteiger partial charge in [-0.25, -0.2) is 0 Å². The predicted octanol–water partition coefficient (Wildman–Crippen LogP) is -0.156. The zero-order chi connectivity index (χ0) is 13.5. The fourth-order valence-corrected chi connectivity index (χ4v) is 1.96. The lowest BCUT2D eigenvalue weighted by atomic mass is 10.3. The van der Waals surface area contributed by atoms with Crippen LogP contribution >= 0.6 is 11.7 Å². The van der Waals surface area contributed by atoms with Crippen LogP contribution in [-0.2, 0) is 13.5 Å². The lowest BCUT2D eigenvalue weighted by Crippen LogP contribution is -2.32. The highest BCUT2D eigenvalue weighted by molar-refractivity contribution is 6.99. The van der Waals surface area contributed by atoms with E-state index in [0.717, 1.165) is 30.4 Å². The van der Waals surface area contributed by atoms with Gasteiger partial charge in [0.2, 0.25) is 5.88 Å². The molecule has 2 heterocycles. The second kappa shape index (κ2) is 7.17. The molecule has 0 fully saturated rings. The highest BCUT2D eigenvalue weighted by Gasteiger charge is 2.06. The Morgan fingerprint density at radius 1 is 1.58 bits per heavy atom. The average Bonchev–Trinajstić information content (AvgIpc) is 3.04. The van der Waals surface area contributed by atoms with E-state index in [0.29, 0.717) is 12.4 Å². The first kappa shape index (κ1) is 13.9. The number of nitrogens with one attached hydrogen (secondary N) is 1. The van der Waals surface area contributed by atoms with Gasteiger partial charge in [0.25, 0.3) is 0 Å². The maximum Gasteiger partial charge on any atom is 0.245 e. The molecule has 2 rings (SSSR count). The molecule has 1 unspecified atom stereocenters. The Kier molecular flexibility index (Phi) is 5.25. The van der Waals surface area contributed by atoms with Gasteiger partial charge in [0, 0.05) is 38.4 Å². The van der Waals surface area contributed by atoms with Crippen LogP contribution < -0.4 is 10.1 Å². The van der Waals surface area contributed by atoms with Crippen molar-refractivity contribution in [3.8, 4) is 5.88 Å². The summed E-state index contributed by atoms with van der Waals surface area (Å²) in [5, 5.41) is 17.0. The summed E-state index contributed by atoms with van der Waals surface area (Å²) >= 11 is 1.08. The van der Waals surface area contributed by atoms with Gasteiger partial charge in [-0.2, -0.15) is 9.47 Å². The standard InChI is InChI=1S/C11H17N5O2S/c1-16-9(3-5-13-16)2-4-12-6-10(17)8-18-11-7-14-19-15-11/h3,5,7,10,12,17H,2,4,6,8H2,1H3. The molecule has 0 saturated heterocycles. The van der Waals surface area contributed by atoms with Crippen molar-refractivity contribution in [3.05, 3.63) is 24.2 Å². The lowest BCUT2D eigenvalue weighted by molar-refractivity contribution is 0.104.